The maximum atomic E-state index is 14.7. The number of methoxy groups -OCH3 is 2. The largest absolute Gasteiger partial charge is 0.493 e. The van der Waals surface area contributed by atoms with Crippen molar-refractivity contribution in [3.63, 3.8) is 0 Å². The zero-order chi connectivity index (χ0) is 25.8. The van der Waals surface area contributed by atoms with Crippen LogP contribution in [0.4, 0.5) is 10.1 Å². The van der Waals surface area contributed by atoms with Crippen LogP contribution in [-0.4, -0.2) is 57.8 Å². The van der Waals surface area contributed by atoms with Gasteiger partial charge < -0.3 is 14.8 Å². The van der Waals surface area contributed by atoms with Crippen LogP contribution in [0.15, 0.2) is 42.5 Å². The molecule has 3 aromatic rings. The first kappa shape index (κ1) is 25.6. The van der Waals surface area contributed by atoms with E-state index in [4.69, 9.17) is 9.47 Å². The average Bonchev–Trinajstić information content (AvgIpc) is 3.27. The number of aromatic nitrogens is 4. The number of carbonyl (C=O) groups is 2. The minimum Gasteiger partial charge on any atom is -0.493 e. The summed E-state index contributed by atoms with van der Waals surface area (Å²) in [7, 11) is 3.04. The molecule has 0 fully saturated rings. The summed E-state index contributed by atoms with van der Waals surface area (Å²) < 4.78 is 25.2. The minimum atomic E-state index is -0.993. The second-order valence-electron chi connectivity index (χ2n) is 8.84. The van der Waals surface area contributed by atoms with Crippen LogP contribution in [-0.2, 0) is 16.1 Å². The van der Waals surface area contributed by atoms with Crippen LogP contribution in [0.1, 0.15) is 27.7 Å². The van der Waals surface area contributed by atoms with E-state index in [1.807, 2.05) is 20.8 Å². The van der Waals surface area contributed by atoms with Crippen molar-refractivity contribution in [2.45, 2.75) is 45.8 Å². The van der Waals surface area contributed by atoms with Gasteiger partial charge in [0.1, 0.15) is 18.4 Å². The molecule has 186 valence electrons. The predicted molar refractivity (Wildman–Crippen MR) is 128 cm³/mol. The summed E-state index contributed by atoms with van der Waals surface area (Å²) in [5.74, 6) is -0.346. The van der Waals surface area contributed by atoms with E-state index < -0.39 is 29.2 Å². The van der Waals surface area contributed by atoms with Gasteiger partial charge in [-0.2, -0.15) is 4.80 Å². The van der Waals surface area contributed by atoms with Crippen molar-refractivity contribution in [2.24, 2.45) is 0 Å². The molecule has 1 heterocycles. The van der Waals surface area contributed by atoms with Crippen molar-refractivity contribution in [1.82, 2.24) is 25.5 Å². The Hall–Kier alpha value is -4.02. The van der Waals surface area contributed by atoms with Crippen molar-refractivity contribution >= 4 is 17.5 Å². The number of halogens is 1. The maximum Gasteiger partial charge on any atom is 0.251 e. The van der Waals surface area contributed by atoms with Gasteiger partial charge in [-0.05, 0) is 63.2 Å². The third kappa shape index (κ3) is 6.11. The molecule has 0 aliphatic rings. The van der Waals surface area contributed by atoms with E-state index in [1.54, 1.807) is 24.3 Å². The van der Waals surface area contributed by atoms with E-state index >= 15 is 0 Å². The Bertz CT molecular complexity index is 1210. The second kappa shape index (κ2) is 10.5. The molecule has 35 heavy (non-hydrogen) atoms. The zero-order valence-electron chi connectivity index (χ0n) is 20.6. The summed E-state index contributed by atoms with van der Waals surface area (Å²) >= 11 is 0. The Labute approximate surface area is 203 Å². The van der Waals surface area contributed by atoms with Gasteiger partial charge >= 0.3 is 0 Å². The molecule has 1 aromatic heterocycles. The molecule has 0 aliphatic heterocycles. The van der Waals surface area contributed by atoms with Crippen LogP contribution >= 0.6 is 0 Å². The number of tetrazole rings is 1. The molecular weight excluding hydrogens is 455 g/mol. The molecule has 2 amide bonds. The highest BCUT2D eigenvalue weighted by atomic mass is 19.1. The van der Waals surface area contributed by atoms with Gasteiger partial charge in [0, 0.05) is 11.1 Å². The van der Waals surface area contributed by atoms with Crippen LogP contribution < -0.4 is 19.7 Å². The molecule has 11 heteroatoms. The molecule has 0 radical (unpaired) electrons. The fourth-order valence-electron chi connectivity index (χ4n) is 3.40. The van der Waals surface area contributed by atoms with Crippen molar-refractivity contribution in [2.75, 3.05) is 19.1 Å². The number of para-hydroxylation sites is 1. The van der Waals surface area contributed by atoms with Gasteiger partial charge in [0.05, 0.1) is 19.9 Å². The summed E-state index contributed by atoms with van der Waals surface area (Å²) in [6, 6.07) is 9.90. The van der Waals surface area contributed by atoms with Gasteiger partial charge in [-0.3, -0.25) is 14.5 Å². The number of anilines is 1. The highest BCUT2D eigenvalue weighted by Gasteiger charge is 2.31. The topological polar surface area (TPSA) is 111 Å². The van der Waals surface area contributed by atoms with Gasteiger partial charge in [-0.1, -0.05) is 12.1 Å². The van der Waals surface area contributed by atoms with Gasteiger partial charge in [0.2, 0.25) is 11.7 Å². The number of benzene rings is 2. The lowest BCUT2D eigenvalue weighted by Crippen LogP contribution is -2.53. The normalized spacial score (nSPS) is 12.1. The van der Waals surface area contributed by atoms with E-state index in [2.05, 4.69) is 20.7 Å². The van der Waals surface area contributed by atoms with Gasteiger partial charge in [-0.25, -0.2) is 4.39 Å². The summed E-state index contributed by atoms with van der Waals surface area (Å²) in [5, 5.41) is 15.1. The molecular formula is C24H29FN6O4. The molecule has 0 saturated heterocycles. The quantitative estimate of drug-likeness (QED) is 0.523. The first-order chi connectivity index (χ1) is 16.5. The summed E-state index contributed by atoms with van der Waals surface area (Å²) in [6.07, 6.45) is 0. The minimum absolute atomic E-state index is 0.0192. The number of hydrogen-bond donors (Lipinski definition) is 1. The number of amides is 2. The third-order valence-electron chi connectivity index (χ3n) is 5.02. The molecule has 0 bridgehead atoms. The molecule has 1 atom stereocenters. The van der Waals surface area contributed by atoms with Crippen molar-refractivity contribution in [3.05, 3.63) is 48.3 Å². The van der Waals surface area contributed by atoms with Gasteiger partial charge in [0.25, 0.3) is 5.91 Å². The first-order valence-corrected chi connectivity index (χ1v) is 10.9. The van der Waals surface area contributed by atoms with Crippen LogP contribution in [0.25, 0.3) is 11.4 Å². The number of rotatable bonds is 8. The predicted octanol–water partition coefficient (Wildman–Crippen LogP) is 2.83. The molecule has 10 nitrogen and oxygen atoms in total. The van der Waals surface area contributed by atoms with Crippen LogP contribution in [0.3, 0.4) is 0 Å². The van der Waals surface area contributed by atoms with E-state index in [1.165, 1.54) is 39.3 Å². The summed E-state index contributed by atoms with van der Waals surface area (Å²) in [5.41, 5.74) is 0.0522. The maximum absolute atomic E-state index is 14.7. The van der Waals surface area contributed by atoms with Crippen LogP contribution in [0, 0.1) is 5.82 Å². The summed E-state index contributed by atoms with van der Waals surface area (Å²) in [4.78, 5) is 28.4. The Kier molecular flexibility index (Phi) is 7.68. The average molecular weight is 485 g/mol. The highest BCUT2D eigenvalue weighted by molar-refractivity contribution is 6.00. The lowest BCUT2D eigenvalue weighted by atomic mass is 10.1. The molecule has 1 N–H and O–H groups in total. The number of carbonyl (C=O) groups excluding carboxylic acids is 2. The fraction of sp³-hybridized carbons (Fsp3) is 0.375. The van der Waals surface area contributed by atoms with Crippen molar-refractivity contribution < 1.29 is 23.5 Å². The first-order valence-electron chi connectivity index (χ1n) is 10.9. The Morgan fingerprint density at radius 3 is 2.43 bits per heavy atom. The lowest BCUT2D eigenvalue weighted by molar-refractivity contribution is -0.127. The van der Waals surface area contributed by atoms with Crippen LogP contribution in [0.5, 0.6) is 11.5 Å². The molecule has 0 unspecified atom stereocenters. The lowest BCUT2D eigenvalue weighted by Gasteiger charge is -2.31. The Morgan fingerprint density at radius 1 is 1.11 bits per heavy atom. The molecule has 3 rings (SSSR count). The number of nitrogens with one attached hydrogen (secondary N) is 1. The van der Waals surface area contributed by atoms with E-state index in [0.717, 1.165) is 9.70 Å². The standard InChI is InChI=1S/C24H29FN6O4/c1-15(23(33)26-24(2,3)4)31(18-10-8-7-9-17(18)25)21(32)14-30-28-22(27-29-30)16-11-12-19(34-5)20(13-16)35-6/h7-13,15H,14H2,1-6H3,(H,26,33)/t15-/m0/s1. The van der Waals surface area contributed by atoms with Crippen LogP contribution in [0.2, 0.25) is 0 Å². The fourth-order valence-corrected chi connectivity index (χ4v) is 3.40. The number of hydrogen-bond acceptors (Lipinski definition) is 7. The highest BCUT2D eigenvalue weighted by Crippen LogP contribution is 2.30. The number of nitrogens with zero attached hydrogens (tertiary/aromatic N) is 5. The van der Waals surface area contributed by atoms with E-state index in [-0.39, 0.29) is 18.1 Å². The van der Waals surface area contributed by atoms with Gasteiger partial charge in [0.15, 0.2) is 11.5 Å². The van der Waals surface area contributed by atoms with Crippen molar-refractivity contribution in [3.8, 4) is 22.9 Å². The monoisotopic (exact) mass is 484 g/mol. The van der Waals surface area contributed by atoms with Gasteiger partial charge in [-0.15, -0.1) is 10.2 Å². The molecule has 0 spiro atoms. The van der Waals surface area contributed by atoms with Crippen molar-refractivity contribution in [1.29, 1.82) is 0 Å². The number of ether oxygens (including phenoxy) is 2. The zero-order valence-corrected chi connectivity index (χ0v) is 20.6. The summed E-state index contributed by atoms with van der Waals surface area (Å²) in [6.45, 7) is 6.64. The molecule has 0 aliphatic carbocycles. The van der Waals surface area contributed by atoms with E-state index in [0.29, 0.717) is 17.1 Å². The second-order valence-corrected chi connectivity index (χ2v) is 8.84. The molecule has 2 aromatic carbocycles. The third-order valence-corrected chi connectivity index (χ3v) is 5.02. The molecule has 0 saturated carbocycles. The SMILES string of the molecule is COc1ccc(-c2nnn(CC(=O)N(c3ccccc3F)[C@@H](C)C(=O)NC(C)(C)C)n2)cc1OC. The smallest absolute Gasteiger partial charge is 0.251 e. The Balaban J connectivity index is 1.88. The Morgan fingerprint density at radius 2 is 1.80 bits per heavy atom. The van der Waals surface area contributed by atoms with E-state index in [9.17, 15) is 14.0 Å².